The molecule has 3 amide bonds. The van der Waals surface area contributed by atoms with Crippen LogP contribution >= 0.6 is 46.0 Å². The first-order chi connectivity index (χ1) is 17.4. The maximum atomic E-state index is 12.9. The number of nitrogens with zero attached hydrogens (tertiary/aromatic N) is 2. The number of ether oxygens (including phenoxy) is 2. The number of carbonyl (C=O) groups excluding carboxylic acids is 3. The normalized spacial score (nSPS) is 17.1. The Hall–Kier alpha value is -2.24. The molecule has 0 radical (unpaired) electrons. The number of likely N-dealkylation sites (tertiary alicyclic amines) is 1. The van der Waals surface area contributed by atoms with Gasteiger partial charge in [0.25, 0.3) is 11.1 Å². The van der Waals surface area contributed by atoms with Crippen LogP contribution in [0.15, 0.2) is 41.3 Å². The summed E-state index contributed by atoms with van der Waals surface area (Å²) < 4.78 is 12.9. The van der Waals surface area contributed by atoms with Crippen LogP contribution in [0.1, 0.15) is 37.3 Å². The van der Waals surface area contributed by atoms with E-state index in [0.29, 0.717) is 48.4 Å². The van der Waals surface area contributed by atoms with E-state index in [4.69, 9.17) is 21.1 Å². The third kappa shape index (κ3) is 6.54. The third-order valence-electron chi connectivity index (χ3n) is 5.80. The highest BCUT2D eigenvalue weighted by molar-refractivity contribution is 14.1. The molecule has 0 aliphatic carbocycles. The van der Waals surface area contributed by atoms with Gasteiger partial charge in [0.05, 0.1) is 16.5 Å². The van der Waals surface area contributed by atoms with E-state index < -0.39 is 11.1 Å². The van der Waals surface area contributed by atoms with E-state index in [1.165, 1.54) is 0 Å². The van der Waals surface area contributed by atoms with Crippen molar-refractivity contribution in [1.29, 1.82) is 0 Å². The number of hydrogen-bond acceptors (Lipinski definition) is 6. The van der Waals surface area contributed by atoms with Gasteiger partial charge in [-0.25, -0.2) is 0 Å². The molecule has 0 N–H and O–H groups in total. The summed E-state index contributed by atoms with van der Waals surface area (Å²) in [6, 6.07) is 11.4. The molecule has 7 nitrogen and oxygen atoms in total. The Morgan fingerprint density at radius 2 is 1.83 bits per heavy atom. The van der Waals surface area contributed by atoms with Gasteiger partial charge in [0.2, 0.25) is 5.91 Å². The number of amides is 3. The Morgan fingerprint density at radius 1 is 1.11 bits per heavy atom. The van der Waals surface area contributed by atoms with Gasteiger partial charge in [0.1, 0.15) is 13.2 Å². The van der Waals surface area contributed by atoms with Crippen molar-refractivity contribution in [3.63, 3.8) is 0 Å². The van der Waals surface area contributed by atoms with Crippen molar-refractivity contribution in [3.8, 4) is 11.5 Å². The van der Waals surface area contributed by atoms with Gasteiger partial charge in [-0.2, -0.15) is 0 Å². The number of imide groups is 1. The van der Waals surface area contributed by atoms with Crippen molar-refractivity contribution in [2.24, 2.45) is 0 Å². The molecule has 0 spiro atoms. The first kappa shape index (κ1) is 26.8. The predicted molar refractivity (Wildman–Crippen MR) is 149 cm³/mol. The molecule has 2 aromatic rings. The second kappa shape index (κ2) is 12.3. The summed E-state index contributed by atoms with van der Waals surface area (Å²) in [5, 5.41) is -0.123. The van der Waals surface area contributed by atoms with Crippen LogP contribution < -0.4 is 9.47 Å². The molecule has 36 heavy (non-hydrogen) atoms. The summed E-state index contributed by atoms with van der Waals surface area (Å²) in [5.74, 6) is 0.175. The summed E-state index contributed by atoms with van der Waals surface area (Å²) >= 11 is 9.60. The van der Waals surface area contributed by atoms with Crippen LogP contribution in [0.5, 0.6) is 11.5 Å². The van der Waals surface area contributed by atoms with Crippen LogP contribution in [-0.2, 0) is 16.2 Å². The second-order valence-corrected chi connectivity index (χ2v) is 11.0. The Labute approximate surface area is 233 Å². The molecule has 4 rings (SSSR count). The molecule has 2 aliphatic heterocycles. The van der Waals surface area contributed by atoms with E-state index in [1.807, 2.05) is 31.2 Å². The van der Waals surface area contributed by atoms with E-state index >= 15 is 0 Å². The van der Waals surface area contributed by atoms with E-state index in [1.54, 1.807) is 23.1 Å². The zero-order valence-corrected chi connectivity index (χ0v) is 23.5. The van der Waals surface area contributed by atoms with Gasteiger partial charge < -0.3 is 14.4 Å². The van der Waals surface area contributed by atoms with Crippen LogP contribution in [0.25, 0.3) is 6.08 Å². The summed E-state index contributed by atoms with van der Waals surface area (Å²) in [6.45, 7) is 3.67. The summed E-state index contributed by atoms with van der Waals surface area (Å²) in [4.78, 5) is 41.0. The van der Waals surface area contributed by atoms with Gasteiger partial charge >= 0.3 is 0 Å². The van der Waals surface area contributed by atoms with E-state index in [9.17, 15) is 14.4 Å². The molecule has 2 saturated heterocycles. The fraction of sp³-hybridized carbons (Fsp3) is 0.346. The zero-order chi connectivity index (χ0) is 25.7. The molecule has 2 aromatic carbocycles. The SMILES string of the molecule is CCOc1cc(/C=C2\SC(=O)N(CC(=O)N3CCCCC3)C2=O)cc(Cl)c1OCc1ccc(I)cc1. The fourth-order valence-corrected chi connectivity index (χ4v) is 5.45. The van der Waals surface area contributed by atoms with Gasteiger partial charge in [0, 0.05) is 16.7 Å². The van der Waals surface area contributed by atoms with Gasteiger partial charge in [0.15, 0.2) is 11.5 Å². The Kier molecular flexibility index (Phi) is 9.19. The Balaban J connectivity index is 1.50. The van der Waals surface area contributed by atoms with Gasteiger partial charge in [-0.1, -0.05) is 23.7 Å². The lowest BCUT2D eigenvalue weighted by atomic mass is 10.1. The molecular formula is C26H26ClIN2O5S. The molecule has 0 aromatic heterocycles. The summed E-state index contributed by atoms with van der Waals surface area (Å²) in [6.07, 6.45) is 4.57. The highest BCUT2D eigenvalue weighted by Crippen LogP contribution is 2.39. The van der Waals surface area contributed by atoms with Crippen LogP contribution in [0.4, 0.5) is 4.79 Å². The molecule has 0 bridgehead atoms. The van der Waals surface area contributed by atoms with Crippen molar-refractivity contribution in [1.82, 2.24) is 9.80 Å². The molecule has 2 heterocycles. The average Bonchev–Trinajstić information content (AvgIpc) is 3.12. The lowest BCUT2D eigenvalue weighted by molar-refractivity contribution is -0.136. The number of halogens is 2. The van der Waals surface area contributed by atoms with Crippen molar-refractivity contribution in [2.75, 3.05) is 26.2 Å². The maximum absolute atomic E-state index is 12.9. The van der Waals surface area contributed by atoms with E-state index in [0.717, 1.165) is 45.1 Å². The topological polar surface area (TPSA) is 76.2 Å². The molecule has 10 heteroatoms. The zero-order valence-electron chi connectivity index (χ0n) is 19.8. The Morgan fingerprint density at radius 3 is 2.53 bits per heavy atom. The monoisotopic (exact) mass is 640 g/mol. The van der Waals surface area contributed by atoms with Crippen LogP contribution in [0, 0.1) is 3.57 Å². The molecular weight excluding hydrogens is 615 g/mol. The van der Waals surface area contributed by atoms with Crippen molar-refractivity contribution < 1.29 is 23.9 Å². The number of piperidine rings is 1. The largest absolute Gasteiger partial charge is 0.490 e. The second-order valence-electron chi connectivity index (χ2n) is 8.39. The quantitative estimate of drug-likeness (QED) is 0.262. The van der Waals surface area contributed by atoms with E-state index in [-0.39, 0.29) is 17.4 Å². The predicted octanol–water partition coefficient (Wildman–Crippen LogP) is 5.97. The highest BCUT2D eigenvalue weighted by Gasteiger charge is 2.37. The molecule has 190 valence electrons. The molecule has 2 fully saturated rings. The van der Waals surface area contributed by atoms with Crippen molar-refractivity contribution in [2.45, 2.75) is 32.8 Å². The third-order valence-corrected chi connectivity index (χ3v) is 7.71. The van der Waals surface area contributed by atoms with Gasteiger partial charge in [-0.15, -0.1) is 0 Å². The summed E-state index contributed by atoms with van der Waals surface area (Å²) in [7, 11) is 0. The summed E-state index contributed by atoms with van der Waals surface area (Å²) in [5.41, 5.74) is 1.59. The smallest absolute Gasteiger partial charge is 0.294 e. The Bertz CT molecular complexity index is 1180. The fourth-order valence-electron chi connectivity index (χ4n) is 3.98. The molecule has 0 saturated carbocycles. The van der Waals surface area contributed by atoms with Gasteiger partial charge in [-0.05, 0) is 102 Å². The first-order valence-corrected chi connectivity index (χ1v) is 14.0. The average molecular weight is 641 g/mol. The number of carbonyl (C=O) groups is 3. The van der Waals surface area contributed by atoms with Crippen LogP contribution in [0.3, 0.4) is 0 Å². The number of benzene rings is 2. The van der Waals surface area contributed by atoms with Crippen molar-refractivity contribution in [3.05, 3.63) is 61.0 Å². The van der Waals surface area contributed by atoms with Crippen molar-refractivity contribution >= 4 is 69.1 Å². The highest BCUT2D eigenvalue weighted by atomic mass is 127. The molecule has 0 unspecified atom stereocenters. The van der Waals surface area contributed by atoms with Crippen LogP contribution in [0.2, 0.25) is 5.02 Å². The first-order valence-electron chi connectivity index (χ1n) is 11.7. The number of thioether (sulfide) groups is 1. The molecule has 2 aliphatic rings. The van der Waals surface area contributed by atoms with E-state index in [2.05, 4.69) is 22.6 Å². The standard InChI is InChI=1S/C26H26ClIN2O5S/c1-2-34-21-13-18(12-20(27)24(21)35-16-17-6-8-19(28)9-7-17)14-22-25(32)30(26(33)36-22)15-23(31)29-10-4-3-5-11-29/h6-9,12-14H,2-5,10-11,15-16H2,1H3/b22-14-. The minimum atomic E-state index is -0.483. The maximum Gasteiger partial charge on any atom is 0.294 e. The number of rotatable bonds is 8. The lowest BCUT2D eigenvalue weighted by Crippen LogP contribution is -2.44. The minimum Gasteiger partial charge on any atom is -0.490 e. The molecule has 0 atom stereocenters. The van der Waals surface area contributed by atoms with Crippen LogP contribution in [-0.4, -0.2) is 53.1 Å². The minimum absolute atomic E-state index is 0.199. The number of hydrogen-bond donors (Lipinski definition) is 0. The lowest BCUT2D eigenvalue weighted by Gasteiger charge is -2.27. The van der Waals surface area contributed by atoms with Gasteiger partial charge in [-0.3, -0.25) is 19.3 Å².